The first-order valence-electron chi connectivity index (χ1n) is 1.81. The molecule has 0 aromatic rings. The van der Waals surface area contributed by atoms with Gasteiger partial charge in [-0.05, 0) is 47.1 Å². The minimum absolute atomic E-state index is 0.413. The second kappa shape index (κ2) is 4.91. The van der Waals surface area contributed by atoms with Crippen molar-refractivity contribution in [1.29, 1.82) is 0 Å². The zero-order valence-corrected chi connectivity index (χ0v) is 6.84. The summed E-state index contributed by atoms with van der Waals surface area (Å²) in [5.74, 6) is 0. The second-order valence-electron chi connectivity index (χ2n) is 1.05. The smallest absolute Gasteiger partial charge is 0.0458 e. The van der Waals surface area contributed by atoms with Crippen LogP contribution in [0.25, 0.3) is 0 Å². The van der Waals surface area contributed by atoms with Crippen molar-refractivity contribution in [3.8, 4) is 0 Å². The van der Waals surface area contributed by atoms with Gasteiger partial charge in [0.2, 0.25) is 0 Å². The van der Waals surface area contributed by atoms with Crippen LogP contribution in [0.4, 0.5) is 0 Å². The Bertz CT molecular complexity index is 48.0. The number of rotatable bonds is 3. The molecule has 0 bridgehead atoms. The van der Waals surface area contributed by atoms with Gasteiger partial charge >= 0.3 is 0 Å². The van der Waals surface area contributed by atoms with Crippen LogP contribution in [0.1, 0.15) is 0 Å². The lowest BCUT2D eigenvalue weighted by Gasteiger charge is -2.04. The van der Waals surface area contributed by atoms with E-state index >= 15 is 0 Å². The summed E-state index contributed by atoms with van der Waals surface area (Å²) in [7, 11) is 0. The van der Waals surface area contributed by atoms with Crippen LogP contribution in [-0.2, 0) is 0 Å². The maximum Gasteiger partial charge on any atom is 0.0458 e. The maximum atomic E-state index is 5.18. The fraction of sp³-hybridized carbons (Fsp3) is 1.00. The second-order valence-corrected chi connectivity index (χ2v) is 3.03. The van der Waals surface area contributed by atoms with Crippen LogP contribution in [0, 0.1) is 0 Å². The van der Waals surface area contributed by atoms with Crippen LogP contribution in [-0.4, -0.2) is 21.0 Å². The Labute approximate surface area is 68.3 Å². The largest absolute Gasteiger partial charge is 0.130 e. The molecular formula is C2H4Cl4N2. The first kappa shape index (κ1) is 9.08. The van der Waals surface area contributed by atoms with Crippen LogP contribution in [0.5, 0.6) is 0 Å². The van der Waals surface area contributed by atoms with Crippen molar-refractivity contribution in [1.82, 2.24) is 7.88 Å². The molecule has 6 heteroatoms. The molecule has 0 unspecified atom stereocenters. The molecule has 0 rings (SSSR count). The van der Waals surface area contributed by atoms with Crippen LogP contribution in [0.3, 0.4) is 0 Å². The van der Waals surface area contributed by atoms with Gasteiger partial charge in [0.15, 0.2) is 0 Å². The molecule has 0 fully saturated rings. The third-order valence-corrected chi connectivity index (χ3v) is 1.11. The molecule has 0 N–H and O–H groups in total. The van der Waals surface area contributed by atoms with Gasteiger partial charge in [0.25, 0.3) is 0 Å². The Morgan fingerprint density at radius 1 is 0.750 bits per heavy atom. The molecule has 0 aromatic heterocycles. The third kappa shape index (κ3) is 7.08. The average molecular weight is 198 g/mol. The first-order chi connectivity index (χ1) is 3.63. The Morgan fingerprint density at radius 3 is 1.12 bits per heavy atom. The van der Waals surface area contributed by atoms with E-state index in [1.807, 2.05) is 0 Å². The number of nitrogens with zero attached hydrogens (tertiary/aromatic N) is 2. The van der Waals surface area contributed by atoms with Crippen LogP contribution >= 0.6 is 47.1 Å². The van der Waals surface area contributed by atoms with E-state index in [2.05, 4.69) is 0 Å². The van der Waals surface area contributed by atoms with Gasteiger partial charge in [0.1, 0.15) is 0 Å². The number of halogens is 4. The average Bonchev–Trinajstić information content (AvgIpc) is 1.61. The molecule has 0 aliphatic heterocycles. The minimum Gasteiger partial charge on any atom is -0.130 e. The van der Waals surface area contributed by atoms with Crippen molar-refractivity contribution in [3.63, 3.8) is 0 Å². The SMILES string of the molecule is ClN(Cl)CCN(Cl)Cl. The van der Waals surface area contributed by atoms with E-state index in [4.69, 9.17) is 47.1 Å². The lowest BCUT2D eigenvalue weighted by Crippen LogP contribution is -2.12. The molecule has 8 heavy (non-hydrogen) atoms. The van der Waals surface area contributed by atoms with Gasteiger partial charge in [-0.1, -0.05) is 0 Å². The highest BCUT2D eigenvalue weighted by Crippen LogP contribution is 2.02. The van der Waals surface area contributed by atoms with Gasteiger partial charge in [-0.3, -0.25) is 0 Å². The van der Waals surface area contributed by atoms with Crippen LogP contribution in [0.2, 0.25) is 0 Å². The van der Waals surface area contributed by atoms with Crippen molar-refractivity contribution in [3.05, 3.63) is 0 Å². The lowest BCUT2D eigenvalue weighted by molar-refractivity contribution is 0.596. The van der Waals surface area contributed by atoms with Crippen molar-refractivity contribution in [2.45, 2.75) is 0 Å². The van der Waals surface area contributed by atoms with E-state index in [0.29, 0.717) is 13.1 Å². The van der Waals surface area contributed by atoms with Crippen molar-refractivity contribution in [2.24, 2.45) is 0 Å². The van der Waals surface area contributed by atoms with Gasteiger partial charge in [-0.25, -0.2) is 0 Å². The first-order valence-corrected chi connectivity index (χ1v) is 3.16. The number of hydrogen-bond acceptors (Lipinski definition) is 2. The van der Waals surface area contributed by atoms with Gasteiger partial charge < -0.3 is 0 Å². The fourth-order valence-electron chi connectivity index (χ4n) is 0.151. The Balaban J connectivity index is 2.93. The lowest BCUT2D eigenvalue weighted by atomic mass is 10.7. The van der Waals surface area contributed by atoms with Gasteiger partial charge in [-0.2, -0.15) is 0 Å². The van der Waals surface area contributed by atoms with Gasteiger partial charge in [-0.15, -0.1) is 7.88 Å². The molecule has 0 aliphatic rings. The highest BCUT2D eigenvalue weighted by Gasteiger charge is 1.97. The summed E-state index contributed by atoms with van der Waals surface area (Å²) >= 11 is 20.7. The summed E-state index contributed by atoms with van der Waals surface area (Å²) in [4.78, 5) is 0. The molecule has 0 saturated heterocycles. The van der Waals surface area contributed by atoms with Crippen molar-refractivity contribution >= 4 is 47.1 Å². The predicted octanol–water partition coefficient (Wildman–Crippen LogP) is 2.21. The predicted molar refractivity (Wildman–Crippen MR) is 36.8 cm³/mol. The molecule has 0 aliphatic carbocycles. The molecule has 0 saturated carbocycles. The molecule has 50 valence electrons. The summed E-state index contributed by atoms with van der Waals surface area (Å²) < 4.78 is 1.91. The third-order valence-electron chi connectivity index (χ3n) is 0.438. The topological polar surface area (TPSA) is 6.48 Å². The Hall–Kier alpha value is 1.08. The zero-order chi connectivity index (χ0) is 6.57. The van der Waals surface area contributed by atoms with E-state index < -0.39 is 0 Å². The van der Waals surface area contributed by atoms with E-state index in [-0.39, 0.29) is 0 Å². The zero-order valence-electron chi connectivity index (χ0n) is 3.82. The molecule has 0 amide bonds. The highest BCUT2D eigenvalue weighted by atomic mass is 35.5. The Morgan fingerprint density at radius 2 is 1.00 bits per heavy atom. The van der Waals surface area contributed by atoms with E-state index in [9.17, 15) is 0 Å². The van der Waals surface area contributed by atoms with E-state index in [1.165, 1.54) is 0 Å². The van der Waals surface area contributed by atoms with E-state index in [0.717, 1.165) is 7.88 Å². The molecule has 0 radical (unpaired) electrons. The van der Waals surface area contributed by atoms with E-state index in [1.54, 1.807) is 0 Å². The molecular weight excluding hydrogens is 194 g/mol. The van der Waals surface area contributed by atoms with Crippen LogP contribution < -0.4 is 0 Å². The standard InChI is InChI=1S/C2H4Cl4N2/c3-7(4)1-2-8(5)6/h1-2H2. The molecule has 0 heterocycles. The van der Waals surface area contributed by atoms with Crippen molar-refractivity contribution < 1.29 is 0 Å². The number of hydrogen-bond donors (Lipinski definition) is 0. The maximum absolute atomic E-state index is 5.18. The molecule has 0 spiro atoms. The summed E-state index contributed by atoms with van der Waals surface area (Å²) in [6, 6.07) is 0. The molecule has 2 nitrogen and oxygen atoms in total. The summed E-state index contributed by atoms with van der Waals surface area (Å²) in [5.41, 5.74) is 0. The summed E-state index contributed by atoms with van der Waals surface area (Å²) in [6.45, 7) is 0.826. The monoisotopic (exact) mass is 196 g/mol. The van der Waals surface area contributed by atoms with Crippen molar-refractivity contribution in [2.75, 3.05) is 13.1 Å². The summed E-state index contributed by atoms with van der Waals surface area (Å²) in [6.07, 6.45) is 0. The molecule has 0 atom stereocenters. The van der Waals surface area contributed by atoms with Gasteiger partial charge in [0, 0.05) is 13.1 Å². The fourth-order valence-corrected chi connectivity index (χ4v) is 0.454. The molecule has 0 aromatic carbocycles. The quantitative estimate of drug-likeness (QED) is 0.641. The Kier molecular flexibility index (Phi) is 5.58. The normalized spacial score (nSPS) is 11.2. The minimum atomic E-state index is 0.413. The highest BCUT2D eigenvalue weighted by molar-refractivity contribution is 6.34. The van der Waals surface area contributed by atoms with Gasteiger partial charge in [0.05, 0.1) is 0 Å². The summed E-state index contributed by atoms with van der Waals surface area (Å²) in [5, 5.41) is 0. The van der Waals surface area contributed by atoms with Crippen LogP contribution in [0.15, 0.2) is 0 Å².